The number of halogens is 1. The molecule has 0 spiro atoms. The standard InChI is InChI=1S/C20H38FN5/c1-15-3-2-4-19(23-15)26-11-9-25(10-12-26)14-17-13-22-24-20(17)16-5-7-18(21)8-6-16/h15-20,22-24H,2-14H2,1H3. The van der Waals surface area contributed by atoms with Crippen LogP contribution >= 0.6 is 0 Å². The Morgan fingerprint density at radius 1 is 0.962 bits per heavy atom. The Morgan fingerprint density at radius 3 is 2.46 bits per heavy atom. The van der Waals surface area contributed by atoms with Crippen molar-refractivity contribution in [1.29, 1.82) is 0 Å². The van der Waals surface area contributed by atoms with E-state index in [0.717, 1.165) is 32.2 Å². The molecule has 0 aromatic rings. The van der Waals surface area contributed by atoms with Gasteiger partial charge in [-0.15, -0.1) is 0 Å². The molecule has 3 saturated heterocycles. The van der Waals surface area contributed by atoms with Gasteiger partial charge in [0.2, 0.25) is 0 Å². The highest BCUT2D eigenvalue weighted by Gasteiger charge is 2.37. The summed E-state index contributed by atoms with van der Waals surface area (Å²) in [5.41, 5.74) is 6.92. The molecule has 0 aromatic heterocycles. The predicted octanol–water partition coefficient (Wildman–Crippen LogP) is 1.71. The molecular formula is C20H38FN5. The van der Waals surface area contributed by atoms with E-state index in [1.165, 1.54) is 52.0 Å². The van der Waals surface area contributed by atoms with Crippen LogP contribution in [0.25, 0.3) is 0 Å². The molecule has 0 bridgehead atoms. The minimum atomic E-state index is -0.553. The van der Waals surface area contributed by atoms with Crippen LogP contribution in [0, 0.1) is 11.8 Å². The van der Waals surface area contributed by atoms with Gasteiger partial charge in [0.1, 0.15) is 6.17 Å². The first-order valence-electron chi connectivity index (χ1n) is 11.0. The van der Waals surface area contributed by atoms with Gasteiger partial charge in [0.25, 0.3) is 0 Å². The fourth-order valence-electron chi connectivity index (χ4n) is 5.66. The highest BCUT2D eigenvalue weighted by atomic mass is 19.1. The second-order valence-corrected chi connectivity index (χ2v) is 9.17. The third-order valence-corrected chi connectivity index (χ3v) is 7.28. The Balaban J connectivity index is 1.23. The third-order valence-electron chi connectivity index (χ3n) is 7.28. The van der Waals surface area contributed by atoms with Gasteiger partial charge in [-0.05, 0) is 57.8 Å². The van der Waals surface area contributed by atoms with Crippen molar-refractivity contribution >= 4 is 0 Å². The first-order chi connectivity index (χ1) is 12.7. The zero-order chi connectivity index (χ0) is 17.9. The van der Waals surface area contributed by atoms with Gasteiger partial charge in [-0.25, -0.2) is 4.39 Å². The third kappa shape index (κ3) is 4.58. The van der Waals surface area contributed by atoms with Crippen molar-refractivity contribution in [1.82, 2.24) is 26.0 Å². The van der Waals surface area contributed by atoms with Crippen LogP contribution in [0.2, 0.25) is 0 Å². The summed E-state index contributed by atoms with van der Waals surface area (Å²) in [6, 6.07) is 1.20. The summed E-state index contributed by atoms with van der Waals surface area (Å²) in [6.07, 6.45) is 7.67. The van der Waals surface area contributed by atoms with Crippen LogP contribution in [0.5, 0.6) is 0 Å². The molecule has 26 heavy (non-hydrogen) atoms. The number of hydrogen-bond acceptors (Lipinski definition) is 5. The molecule has 4 unspecified atom stereocenters. The molecule has 3 N–H and O–H groups in total. The molecule has 3 heterocycles. The number of hydrazine groups is 1. The number of hydrogen-bond donors (Lipinski definition) is 3. The second-order valence-electron chi connectivity index (χ2n) is 9.17. The summed E-state index contributed by atoms with van der Waals surface area (Å²) in [5, 5.41) is 3.78. The molecule has 0 amide bonds. The summed E-state index contributed by atoms with van der Waals surface area (Å²) in [7, 11) is 0. The van der Waals surface area contributed by atoms with Crippen molar-refractivity contribution < 1.29 is 4.39 Å². The average Bonchev–Trinajstić information content (AvgIpc) is 3.11. The Hall–Kier alpha value is -0.270. The molecule has 4 aliphatic rings. The maximum Gasteiger partial charge on any atom is 0.100 e. The Bertz CT molecular complexity index is 434. The number of nitrogens with one attached hydrogen (secondary N) is 3. The lowest BCUT2D eigenvalue weighted by Crippen LogP contribution is -2.58. The van der Waals surface area contributed by atoms with Gasteiger partial charge >= 0.3 is 0 Å². The van der Waals surface area contributed by atoms with Gasteiger partial charge in [0, 0.05) is 57.3 Å². The van der Waals surface area contributed by atoms with Crippen LogP contribution in [0.4, 0.5) is 4.39 Å². The maximum absolute atomic E-state index is 13.5. The minimum absolute atomic E-state index is 0.529. The van der Waals surface area contributed by atoms with Crippen molar-refractivity contribution in [2.75, 3.05) is 39.3 Å². The average molecular weight is 368 g/mol. The number of alkyl halides is 1. The topological polar surface area (TPSA) is 42.6 Å². The molecule has 0 aromatic carbocycles. The van der Waals surface area contributed by atoms with Crippen LogP contribution in [-0.2, 0) is 0 Å². The monoisotopic (exact) mass is 367 g/mol. The highest BCUT2D eigenvalue weighted by Crippen LogP contribution is 2.32. The van der Waals surface area contributed by atoms with Gasteiger partial charge in [0.05, 0.1) is 6.17 Å². The summed E-state index contributed by atoms with van der Waals surface area (Å²) in [6.45, 7) is 9.31. The van der Waals surface area contributed by atoms with Crippen molar-refractivity contribution in [2.24, 2.45) is 11.8 Å². The number of nitrogens with zero attached hydrogens (tertiary/aromatic N) is 2. The van der Waals surface area contributed by atoms with Crippen molar-refractivity contribution in [3.05, 3.63) is 0 Å². The fourth-order valence-corrected chi connectivity index (χ4v) is 5.66. The van der Waals surface area contributed by atoms with Crippen molar-refractivity contribution in [3.63, 3.8) is 0 Å². The van der Waals surface area contributed by atoms with Gasteiger partial charge in [-0.1, -0.05) is 0 Å². The summed E-state index contributed by atoms with van der Waals surface area (Å²) >= 11 is 0. The van der Waals surface area contributed by atoms with E-state index in [-0.39, 0.29) is 0 Å². The highest BCUT2D eigenvalue weighted by molar-refractivity contribution is 4.92. The maximum atomic E-state index is 13.5. The van der Waals surface area contributed by atoms with E-state index in [1.807, 2.05) is 0 Å². The molecule has 5 nitrogen and oxygen atoms in total. The molecule has 4 rings (SSSR count). The van der Waals surface area contributed by atoms with Crippen molar-refractivity contribution in [3.8, 4) is 0 Å². The molecule has 0 radical (unpaired) electrons. The van der Waals surface area contributed by atoms with Crippen LogP contribution < -0.4 is 16.2 Å². The Morgan fingerprint density at radius 2 is 1.73 bits per heavy atom. The minimum Gasteiger partial charge on any atom is -0.300 e. The van der Waals surface area contributed by atoms with Gasteiger partial charge < -0.3 is 4.90 Å². The van der Waals surface area contributed by atoms with Gasteiger partial charge in [-0.2, -0.15) is 0 Å². The first kappa shape index (κ1) is 19.1. The van der Waals surface area contributed by atoms with Crippen LogP contribution in [0.3, 0.4) is 0 Å². The molecular weight excluding hydrogens is 329 g/mol. The Labute approximate surface area is 158 Å². The summed E-state index contributed by atoms with van der Waals surface area (Å²) in [5.74, 6) is 1.31. The largest absolute Gasteiger partial charge is 0.300 e. The molecule has 1 aliphatic carbocycles. The van der Waals surface area contributed by atoms with E-state index >= 15 is 0 Å². The lowest BCUT2D eigenvalue weighted by molar-refractivity contribution is 0.0505. The van der Waals surface area contributed by atoms with E-state index in [9.17, 15) is 4.39 Å². The van der Waals surface area contributed by atoms with E-state index in [0.29, 0.717) is 30.1 Å². The lowest BCUT2D eigenvalue weighted by Gasteiger charge is -2.43. The second kappa shape index (κ2) is 8.82. The normalized spacial score (nSPS) is 43.6. The van der Waals surface area contributed by atoms with E-state index in [2.05, 4.69) is 32.9 Å². The Kier molecular flexibility index (Phi) is 6.47. The predicted molar refractivity (Wildman–Crippen MR) is 104 cm³/mol. The first-order valence-corrected chi connectivity index (χ1v) is 11.0. The molecule has 4 atom stereocenters. The molecule has 3 aliphatic heterocycles. The van der Waals surface area contributed by atoms with E-state index < -0.39 is 6.17 Å². The SMILES string of the molecule is CC1CCCC(N2CCN(CC3CNNC3C3CCC(F)CC3)CC2)N1. The van der Waals surface area contributed by atoms with Gasteiger partial charge in [-0.3, -0.25) is 21.1 Å². The van der Waals surface area contributed by atoms with E-state index in [4.69, 9.17) is 0 Å². The lowest BCUT2D eigenvalue weighted by atomic mass is 9.79. The number of piperidine rings is 1. The van der Waals surface area contributed by atoms with Crippen molar-refractivity contribution in [2.45, 2.75) is 76.3 Å². The molecule has 150 valence electrons. The molecule has 4 fully saturated rings. The van der Waals surface area contributed by atoms with Crippen LogP contribution in [0.1, 0.15) is 51.9 Å². The zero-order valence-electron chi connectivity index (χ0n) is 16.4. The fraction of sp³-hybridized carbons (Fsp3) is 1.00. The quantitative estimate of drug-likeness (QED) is 0.706. The van der Waals surface area contributed by atoms with E-state index in [1.54, 1.807) is 0 Å². The zero-order valence-corrected chi connectivity index (χ0v) is 16.4. The summed E-state index contributed by atoms with van der Waals surface area (Å²) in [4.78, 5) is 5.33. The van der Waals surface area contributed by atoms with Crippen LogP contribution in [-0.4, -0.2) is 73.5 Å². The number of rotatable bonds is 4. The molecule has 1 saturated carbocycles. The smallest absolute Gasteiger partial charge is 0.100 e. The summed E-state index contributed by atoms with van der Waals surface area (Å²) < 4.78 is 13.5. The number of piperazine rings is 1. The van der Waals surface area contributed by atoms with Gasteiger partial charge in [0.15, 0.2) is 0 Å². The van der Waals surface area contributed by atoms with Crippen LogP contribution in [0.15, 0.2) is 0 Å². The molecule has 6 heteroatoms.